The fraction of sp³-hybridized carbons (Fsp3) is 0.208. The van der Waals surface area contributed by atoms with Crippen LogP contribution >= 0.6 is 36.4 Å². The molecule has 6 nitrogen and oxygen atoms in total. The number of nitrogens with one attached hydrogen (secondary N) is 2. The minimum absolute atomic E-state index is 0. The molecule has 0 spiro atoms. The second-order valence-electron chi connectivity index (χ2n) is 7.76. The fourth-order valence-electron chi connectivity index (χ4n) is 3.06. The van der Waals surface area contributed by atoms with E-state index in [1.807, 2.05) is 26.0 Å². The summed E-state index contributed by atoms with van der Waals surface area (Å²) >= 11 is 5.94. The van der Waals surface area contributed by atoms with Crippen LogP contribution in [0.1, 0.15) is 41.4 Å². The van der Waals surface area contributed by atoms with E-state index in [2.05, 4.69) is 15.6 Å². The highest BCUT2D eigenvalue weighted by molar-refractivity contribution is 6.30. The van der Waals surface area contributed by atoms with Crippen molar-refractivity contribution in [3.05, 3.63) is 94.8 Å². The Morgan fingerprint density at radius 2 is 1.55 bits per heavy atom. The van der Waals surface area contributed by atoms with Crippen molar-refractivity contribution in [1.82, 2.24) is 10.3 Å². The molecule has 0 saturated carbocycles. The Morgan fingerprint density at radius 1 is 0.970 bits per heavy atom. The molecule has 1 heterocycles. The Kier molecular flexibility index (Phi) is 10.8. The number of benzene rings is 2. The molecule has 1 atom stereocenters. The summed E-state index contributed by atoms with van der Waals surface area (Å²) in [6, 6.07) is 17.3. The van der Waals surface area contributed by atoms with E-state index in [0.717, 1.165) is 11.1 Å². The lowest BCUT2D eigenvalue weighted by atomic mass is 9.83. The van der Waals surface area contributed by atoms with Crippen LogP contribution in [0.15, 0.2) is 73.1 Å². The van der Waals surface area contributed by atoms with Gasteiger partial charge in [0.1, 0.15) is 0 Å². The maximum Gasteiger partial charge on any atom is 0.255 e. The largest absolute Gasteiger partial charge is 0.353 e. The van der Waals surface area contributed by atoms with Crippen LogP contribution in [-0.2, 0) is 10.2 Å². The minimum atomic E-state index is -0.723. The normalized spacial score (nSPS) is 11.4. The Bertz CT molecular complexity index is 1040. The highest BCUT2D eigenvalue weighted by atomic mass is 35.5. The van der Waals surface area contributed by atoms with Gasteiger partial charge in [-0.15, -0.1) is 24.8 Å². The van der Waals surface area contributed by atoms with E-state index in [-0.39, 0.29) is 43.2 Å². The van der Waals surface area contributed by atoms with E-state index in [1.165, 1.54) is 0 Å². The molecule has 0 bridgehead atoms. The van der Waals surface area contributed by atoms with Crippen LogP contribution in [0.3, 0.4) is 0 Å². The molecule has 33 heavy (non-hydrogen) atoms. The smallest absolute Gasteiger partial charge is 0.255 e. The summed E-state index contributed by atoms with van der Waals surface area (Å²) in [7, 11) is 0. The van der Waals surface area contributed by atoms with Crippen molar-refractivity contribution >= 4 is 53.9 Å². The van der Waals surface area contributed by atoms with E-state index in [0.29, 0.717) is 16.3 Å². The van der Waals surface area contributed by atoms with Gasteiger partial charge in [-0.1, -0.05) is 35.9 Å². The number of aromatic nitrogens is 1. The standard InChI is InChI=1S/C24H25ClN4O2.2ClH/c1-24(2,18-7-9-19(25)10-8-18)23(31)28-15-21(26)16-3-5-17(6-4-16)22(30)29-20-11-13-27-14-12-20;;/h3-14,21H,15,26H2,1-2H3,(H,28,31)(H,27,29,30);2*1H/t21-;;/m1../s1. The van der Waals surface area contributed by atoms with Crippen molar-refractivity contribution in [3.8, 4) is 0 Å². The monoisotopic (exact) mass is 508 g/mol. The molecule has 0 aliphatic heterocycles. The number of rotatable bonds is 7. The highest BCUT2D eigenvalue weighted by Gasteiger charge is 2.29. The first-order chi connectivity index (χ1) is 14.8. The molecule has 4 N–H and O–H groups in total. The topological polar surface area (TPSA) is 97.1 Å². The van der Waals surface area contributed by atoms with Gasteiger partial charge in [-0.2, -0.15) is 0 Å². The number of anilines is 1. The number of pyridine rings is 1. The molecule has 0 unspecified atom stereocenters. The summed E-state index contributed by atoms with van der Waals surface area (Å²) < 4.78 is 0. The van der Waals surface area contributed by atoms with Crippen molar-refractivity contribution in [2.45, 2.75) is 25.3 Å². The van der Waals surface area contributed by atoms with E-state index < -0.39 is 11.5 Å². The third kappa shape index (κ3) is 7.44. The molecule has 1 aromatic heterocycles. The Hall–Kier alpha value is -2.64. The minimum Gasteiger partial charge on any atom is -0.353 e. The molecule has 0 aliphatic carbocycles. The second-order valence-corrected chi connectivity index (χ2v) is 8.20. The average molecular weight is 510 g/mol. The first-order valence-corrected chi connectivity index (χ1v) is 10.3. The maximum absolute atomic E-state index is 12.7. The SMILES string of the molecule is CC(C)(C(=O)NC[C@@H](N)c1ccc(C(=O)Nc2ccncc2)cc1)c1ccc(Cl)cc1.Cl.Cl. The van der Waals surface area contributed by atoms with Crippen molar-refractivity contribution in [2.75, 3.05) is 11.9 Å². The molecule has 2 amide bonds. The van der Waals surface area contributed by atoms with Gasteiger partial charge >= 0.3 is 0 Å². The van der Waals surface area contributed by atoms with Crippen LogP contribution in [0.4, 0.5) is 5.69 Å². The molecular formula is C24H27Cl3N4O2. The van der Waals surface area contributed by atoms with Gasteiger partial charge in [0, 0.05) is 41.3 Å². The summed E-state index contributed by atoms with van der Waals surface area (Å²) in [6.07, 6.45) is 3.22. The van der Waals surface area contributed by atoms with Gasteiger partial charge in [-0.25, -0.2) is 0 Å². The number of nitrogens with two attached hydrogens (primary N) is 1. The van der Waals surface area contributed by atoms with Crippen LogP contribution in [-0.4, -0.2) is 23.3 Å². The van der Waals surface area contributed by atoms with Gasteiger partial charge in [-0.05, 0) is 61.4 Å². The van der Waals surface area contributed by atoms with Crippen LogP contribution in [0.25, 0.3) is 0 Å². The third-order valence-corrected chi connectivity index (χ3v) is 5.41. The van der Waals surface area contributed by atoms with Crippen LogP contribution < -0.4 is 16.4 Å². The van der Waals surface area contributed by atoms with Gasteiger partial charge in [0.05, 0.1) is 5.41 Å². The predicted molar refractivity (Wildman–Crippen MR) is 138 cm³/mol. The lowest BCUT2D eigenvalue weighted by molar-refractivity contribution is -0.125. The van der Waals surface area contributed by atoms with Gasteiger partial charge in [0.25, 0.3) is 5.91 Å². The Morgan fingerprint density at radius 3 is 2.12 bits per heavy atom. The second kappa shape index (κ2) is 12.6. The van der Waals surface area contributed by atoms with E-state index in [9.17, 15) is 9.59 Å². The molecule has 0 aliphatic rings. The lowest BCUT2D eigenvalue weighted by Crippen LogP contribution is -2.42. The zero-order valence-corrected chi connectivity index (χ0v) is 20.6. The number of hydrogen-bond donors (Lipinski definition) is 3. The number of hydrogen-bond acceptors (Lipinski definition) is 4. The summed E-state index contributed by atoms with van der Waals surface area (Å²) in [5.74, 6) is -0.344. The number of carbonyl (C=O) groups excluding carboxylic acids is 2. The van der Waals surface area contributed by atoms with E-state index in [4.69, 9.17) is 17.3 Å². The van der Waals surface area contributed by atoms with Gasteiger partial charge in [-0.3, -0.25) is 14.6 Å². The number of carbonyl (C=O) groups is 2. The molecule has 0 radical (unpaired) electrons. The molecule has 176 valence electrons. The van der Waals surface area contributed by atoms with Crippen molar-refractivity contribution in [2.24, 2.45) is 5.73 Å². The molecule has 3 aromatic rings. The number of halogens is 3. The summed E-state index contributed by atoms with van der Waals surface area (Å²) in [5.41, 5.74) is 8.41. The van der Waals surface area contributed by atoms with E-state index in [1.54, 1.807) is 60.9 Å². The molecule has 0 fully saturated rings. The zero-order chi connectivity index (χ0) is 22.4. The van der Waals surface area contributed by atoms with Crippen molar-refractivity contribution in [3.63, 3.8) is 0 Å². The van der Waals surface area contributed by atoms with E-state index >= 15 is 0 Å². The van der Waals surface area contributed by atoms with Gasteiger partial charge < -0.3 is 16.4 Å². The number of amides is 2. The quantitative estimate of drug-likeness (QED) is 0.421. The highest BCUT2D eigenvalue weighted by Crippen LogP contribution is 2.25. The summed E-state index contributed by atoms with van der Waals surface area (Å²) in [4.78, 5) is 29.0. The zero-order valence-electron chi connectivity index (χ0n) is 18.2. The molecule has 3 rings (SSSR count). The van der Waals surface area contributed by atoms with Crippen LogP contribution in [0.5, 0.6) is 0 Å². The Labute approximate surface area is 211 Å². The molecule has 0 saturated heterocycles. The molecular weight excluding hydrogens is 483 g/mol. The fourth-order valence-corrected chi connectivity index (χ4v) is 3.19. The maximum atomic E-state index is 12.7. The average Bonchev–Trinajstić information content (AvgIpc) is 2.78. The molecule has 9 heteroatoms. The van der Waals surface area contributed by atoms with Crippen molar-refractivity contribution in [1.29, 1.82) is 0 Å². The van der Waals surface area contributed by atoms with Gasteiger partial charge in [0.15, 0.2) is 0 Å². The molecule has 2 aromatic carbocycles. The third-order valence-electron chi connectivity index (χ3n) is 5.16. The summed E-state index contributed by atoms with van der Waals surface area (Å²) in [5, 5.41) is 6.35. The number of nitrogens with zero attached hydrogens (tertiary/aromatic N) is 1. The Balaban J connectivity index is 0.00000272. The first kappa shape index (κ1) is 28.4. The lowest BCUT2D eigenvalue weighted by Gasteiger charge is -2.25. The predicted octanol–water partition coefficient (Wildman–Crippen LogP) is 4.92. The summed E-state index contributed by atoms with van der Waals surface area (Å²) in [6.45, 7) is 3.99. The van der Waals surface area contributed by atoms with Crippen LogP contribution in [0, 0.1) is 0 Å². The van der Waals surface area contributed by atoms with Gasteiger partial charge in [0.2, 0.25) is 5.91 Å². The van der Waals surface area contributed by atoms with Crippen LogP contribution in [0.2, 0.25) is 5.02 Å². The van der Waals surface area contributed by atoms with Crippen molar-refractivity contribution < 1.29 is 9.59 Å². The first-order valence-electron chi connectivity index (χ1n) is 9.88.